The van der Waals surface area contributed by atoms with Crippen molar-refractivity contribution in [1.29, 1.82) is 0 Å². The van der Waals surface area contributed by atoms with E-state index in [2.05, 4.69) is 9.97 Å². The first-order valence-electron chi connectivity index (χ1n) is 8.13. The van der Waals surface area contributed by atoms with Gasteiger partial charge in [0.2, 0.25) is 0 Å². The van der Waals surface area contributed by atoms with Crippen molar-refractivity contribution in [3.05, 3.63) is 48.8 Å². The molecule has 0 atom stereocenters. The summed E-state index contributed by atoms with van der Waals surface area (Å²) in [4.78, 5) is 8.94. The van der Waals surface area contributed by atoms with E-state index in [1.54, 1.807) is 17.0 Å². The van der Waals surface area contributed by atoms with E-state index in [9.17, 15) is 8.42 Å². The number of imidazole rings is 2. The molecule has 0 saturated carbocycles. The number of hydrogen-bond donors (Lipinski definition) is 0. The molecule has 134 valence electrons. The lowest BCUT2D eigenvalue weighted by Gasteiger charge is -2.05. The highest BCUT2D eigenvalue weighted by Gasteiger charge is 2.16. The molecule has 0 N–H and O–H groups in total. The summed E-state index contributed by atoms with van der Waals surface area (Å²) in [6.45, 7) is 0.330. The second-order valence-electron chi connectivity index (χ2n) is 6.22. The number of sulfone groups is 1. The molecule has 0 aliphatic rings. The van der Waals surface area contributed by atoms with Crippen LogP contribution >= 0.6 is 0 Å². The van der Waals surface area contributed by atoms with Crippen LogP contribution in [0.3, 0.4) is 0 Å². The van der Waals surface area contributed by atoms with Crippen molar-refractivity contribution >= 4 is 20.9 Å². The van der Waals surface area contributed by atoms with Crippen molar-refractivity contribution in [3.63, 3.8) is 0 Å². The number of hydrogen-bond acceptors (Lipinski definition) is 5. The smallest absolute Gasteiger partial charge is 0.177 e. The first kappa shape index (κ1) is 16.6. The highest BCUT2D eigenvalue weighted by atomic mass is 32.2. The molecule has 0 fully saturated rings. The second kappa shape index (κ2) is 6.14. The molecule has 0 aliphatic heterocycles. The van der Waals surface area contributed by atoms with Crippen molar-refractivity contribution in [2.75, 3.05) is 12.0 Å². The number of benzene rings is 1. The molecule has 3 aromatic heterocycles. The molecule has 0 aliphatic carbocycles. The minimum atomic E-state index is -3.05. The van der Waals surface area contributed by atoms with Gasteiger partial charge >= 0.3 is 0 Å². The Hall–Kier alpha value is -2.87. The lowest BCUT2D eigenvalue weighted by Crippen LogP contribution is -2.11. The summed E-state index contributed by atoms with van der Waals surface area (Å²) in [5, 5.41) is 0. The second-order valence-corrected chi connectivity index (χ2v) is 8.48. The van der Waals surface area contributed by atoms with E-state index < -0.39 is 9.84 Å². The maximum absolute atomic E-state index is 11.4. The molecule has 3 heterocycles. The first-order chi connectivity index (χ1) is 12.4. The summed E-state index contributed by atoms with van der Waals surface area (Å²) in [6, 6.07) is 11.6. The van der Waals surface area contributed by atoms with Crippen molar-refractivity contribution in [1.82, 2.24) is 19.1 Å². The summed E-state index contributed by atoms with van der Waals surface area (Å²) in [5.41, 5.74) is 1.92. The topological polar surface area (TPSA) is 82.9 Å². The van der Waals surface area contributed by atoms with Crippen LogP contribution in [0, 0.1) is 0 Å². The number of fused-ring (bicyclic) bond motifs is 1. The molecule has 4 aromatic rings. The number of aromatic nitrogens is 4. The van der Waals surface area contributed by atoms with E-state index in [1.807, 2.05) is 48.0 Å². The molecule has 4 rings (SSSR count). The van der Waals surface area contributed by atoms with Crippen LogP contribution in [-0.2, 0) is 23.4 Å². The predicted molar refractivity (Wildman–Crippen MR) is 99.3 cm³/mol. The Morgan fingerprint density at radius 3 is 2.54 bits per heavy atom. The highest BCUT2D eigenvalue weighted by Crippen LogP contribution is 2.29. The minimum Gasteiger partial charge on any atom is -0.450 e. The fraction of sp³-hybridized carbons (Fsp3) is 0.222. The number of furan rings is 1. The Morgan fingerprint density at radius 1 is 1.08 bits per heavy atom. The molecule has 0 bridgehead atoms. The normalized spacial score (nSPS) is 12.1. The summed E-state index contributed by atoms with van der Waals surface area (Å²) in [6.07, 6.45) is 4.60. The largest absolute Gasteiger partial charge is 0.450 e. The van der Waals surface area contributed by atoms with Crippen LogP contribution in [0.2, 0.25) is 0 Å². The van der Waals surface area contributed by atoms with Gasteiger partial charge in [0.05, 0.1) is 16.8 Å². The van der Waals surface area contributed by atoms with Gasteiger partial charge in [-0.05, 0) is 24.3 Å². The van der Waals surface area contributed by atoms with Gasteiger partial charge in [-0.25, -0.2) is 18.4 Å². The Labute approximate surface area is 150 Å². The number of para-hydroxylation sites is 2. The first-order valence-corrected chi connectivity index (χ1v) is 10.2. The molecule has 0 unspecified atom stereocenters. The molecular formula is C18H18N4O3S. The van der Waals surface area contributed by atoms with E-state index in [0.717, 1.165) is 16.9 Å². The molecule has 8 heteroatoms. The Bertz CT molecular complexity index is 1180. The highest BCUT2D eigenvalue weighted by molar-refractivity contribution is 7.90. The van der Waals surface area contributed by atoms with E-state index in [-0.39, 0.29) is 5.75 Å². The van der Waals surface area contributed by atoms with Crippen molar-refractivity contribution < 1.29 is 12.8 Å². The molecule has 26 heavy (non-hydrogen) atoms. The van der Waals surface area contributed by atoms with Crippen LogP contribution in [0.15, 0.2) is 53.2 Å². The number of rotatable bonds is 5. The van der Waals surface area contributed by atoms with Crippen molar-refractivity contribution in [3.8, 4) is 23.2 Å². The van der Waals surface area contributed by atoms with Crippen LogP contribution < -0.4 is 0 Å². The summed E-state index contributed by atoms with van der Waals surface area (Å²) in [5.74, 6) is 2.58. The maximum atomic E-state index is 11.4. The molecule has 0 spiro atoms. The number of nitrogens with zero attached hydrogens (tertiary/aromatic N) is 4. The summed E-state index contributed by atoms with van der Waals surface area (Å²) >= 11 is 0. The monoisotopic (exact) mass is 370 g/mol. The van der Waals surface area contributed by atoms with E-state index >= 15 is 0 Å². The molecular weight excluding hydrogens is 352 g/mol. The Kier molecular flexibility index (Phi) is 3.91. The van der Waals surface area contributed by atoms with Crippen molar-refractivity contribution in [2.24, 2.45) is 7.05 Å². The summed E-state index contributed by atoms with van der Waals surface area (Å²) in [7, 11) is -1.11. The van der Waals surface area contributed by atoms with Gasteiger partial charge in [0, 0.05) is 32.2 Å². The SMILES string of the molecule is Cn1c(-c2ccc(-c3nccn3CCS(C)(=O)=O)o2)nc2ccccc21. The van der Waals surface area contributed by atoms with Crippen molar-refractivity contribution in [2.45, 2.75) is 6.54 Å². The van der Waals surface area contributed by atoms with E-state index in [1.165, 1.54) is 6.26 Å². The van der Waals surface area contributed by atoms with Gasteiger partial charge in [-0.2, -0.15) is 0 Å². The third kappa shape index (κ3) is 3.03. The average molecular weight is 370 g/mol. The molecule has 7 nitrogen and oxygen atoms in total. The standard InChI is InChI=1S/C18H18N4O3S/c1-21-14-6-4-3-5-13(14)20-18(21)16-8-7-15(25-16)17-19-9-10-22(17)11-12-26(2,23)24/h3-10H,11-12H2,1-2H3. The van der Waals surface area contributed by atoms with Crippen LogP contribution in [-0.4, -0.2) is 39.5 Å². The predicted octanol–water partition coefficient (Wildman–Crippen LogP) is 2.74. The summed E-state index contributed by atoms with van der Waals surface area (Å²) < 4.78 is 32.6. The van der Waals surface area contributed by atoms with Gasteiger partial charge in [-0.1, -0.05) is 12.1 Å². The molecule has 0 amide bonds. The lowest BCUT2D eigenvalue weighted by molar-refractivity contribution is 0.573. The molecule has 0 saturated heterocycles. The van der Waals surface area contributed by atoms with Gasteiger partial charge < -0.3 is 13.6 Å². The maximum Gasteiger partial charge on any atom is 0.177 e. The van der Waals surface area contributed by atoms with Gasteiger partial charge in [0.15, 0.2) is 23.2 Å². The third-order valence-electron chi connectivity index (χ3n) is 4.25. The van der Waals surface area contributed by atoms with Gasteiger partial charge in [-0.3, -0.25) is 0 Å². The average Bonchev–Trinajstić information content (AvgIpc) is 3.30. The van der Waals surface area contributed by atoms with Gasteiger partial charge in [0.25, 0.3) is 0 Å². The van der Waals surface area contributed by atoms with E-state index in [0.29, 0.717) is 23.9 Å². The minimum absolute atomic E-state index is 0.0503. The zero-order valence-electron chi connectivity index (χ0n) is 14.5. The number of aryl methyl sites for hydroxylation is 2. The zero-order valence-corrected chi connectivity index (χ0v) is 15.3. The van der Waals surface area contributed by atoms with Crippen LogP contribution in [0.5, 0.6) is 0 Å². The third-order valence-corrected chi connectivity index (χ3v) is 5.18. The molecule has 0 radical (unpaired) electrons. The van der Waals surface area contributed by atoms with Crippen LogP contribution in [0.1, 0.15) is 0 Å². The van der Waals surface area contributed by atoms with Crippen LogP contribution in [0.4, 0.5) is 0 Å². The lowest BCUT2D eigenvalue weighted by atomic mass is 10.3. The fourth-order valence-corrected chi connectivity index (χ4v) is 3.45. The quantitative estimate of drug-likeness (QED) is 0.539. The van der Waals surface area contributed by atoms with E-state index in [4.69, 9.17) is 4.42 Å². The Morgan fingerprint density at radius 2 is 1.81 bits per heavy atom. The van der Waals surface area contributed by atoms with Gasteiger partial charge in [0.1, 0.15) is 9.84 Å². The zero-order chi connectivity index (χ0) is 18.3. The Balaban J connectivity index is 1.69. The van der Waals surface area contributed by atoms with Crippen LogP contribution in [0.25, 0.3) is 34.2 Å². The van der Waals surface area contributed by atoms with Gasteiger partial charge in [-0.15, -0.1) is 0 Å². The fourth-order valence-electron chi connectivity index (χ4n) is 2.92. The molecule has 1 aromatic carbocycles.